The third kappa shape index (κ3) is 3.10. The van der Waals surface area contributed by atoms with E-state index in [1.165, 1.54) is 4.31 Å². The second kappa shape index (κ2) is 6.02. The first kappa shape index (κ1) is 14.9. The maximum absolute atomic E-state index is 12.6. The molecule has 0 bridgehead atoms. The fourth-order valence-electron chi connectivity index (χ4n) is 2.55. The second-order valence-electron chi connectivity index (χ2n) is 5.35. The van der Waals surface area contributed by atoms with E-state index in [9.17, 15) is 8.42 Å². The van der Waals surface area contributed by atoms with Gasteiger partial charge >= 0.3 is 0 Å². The van der Waals surface area contributed by atoms with Gasteiger partial charge in [0.2, 0.25) is 10.0 Å². The van der Waals surface area contributed by atoms with Gasteiger partial charge in [-0.3, -0.25) is 4.98 Å². The van der Waals surface area contributed by atoms with Crippen LogP contribution >= 0.6 is 0 Å². The van der Waals surface area contributed by atoms with Crippen LogP contribution in [0, 0.1) is 6.92 Å². The van der Waals surface area contributed by atoms with Crippen LogP contribution in [0.4, 0.5) is 5.82 Å². The average molecular weight is 318 g/mol. The molecule has 1 N–H and O–H groups in total. The molecule has 0 unspecified atom stereocenters. The van der Waals surface area contributed by atoms with Crippen molar-refractivity contribution in [2.24, 2.45) is 0 Å². The molecule has 1 fully saturated rings. The first-order valence-electron chi connectivity index (χ1n) is 7.16. The molecule has 1 aliphatic heterocycles. The number of aryl methyl sites for hydroxylation is 1. The predicted octanol–water partition coefficient (Wildman–Crippen LogP) is 1.66. The Morgan fingerprint density at radius 1 is 1.23 bits per heavy atom. The lowest BCUT2D eigenvalue weighted by atomic mass is 10.2. The maximum Gasteiger partial charge on any atom is 0.243 e. The Kier molecular flexibility index (Phi) is 4.08. The topological polar surface area (TPSA) is 75.2 Å². The SMILES string of the molecule is Cc1cncc(N[C@H]2CCN(S(=O)(=O)c3ccccc3)C2)n1. The molecule has 0 spiro atoms. The monoisotopic (exact) mass is 318 g/mol. The molecular weight excluding hydrogens is 300 g/mol. The minimum atomic E-state index is -3.41. The van der Waals surface area contributed by atoms with Crippen molar-refractivity contribution in [1.82, 2.24) is 14.3 Å². The lowest BCUT2D eigenvalue weighted by Crippen LogP contribution is -2.31. The van der Waals surface area contributed by atoms with Crippen LogP contribution in [0.1, 0.15) is 12.1 Å². The first-order valence-corrected chi connectivity index (χ1v) is 8.60. The normalized spacial score (nSPS) is 19.2. The Morgan fingerprint density at radius 2 is 2.00 bits per heavy atom. The summed E-state index contributed by atoms with van der Waals surface area (Å²) >= 11 is 0. The van der Waals surface area contributed by atoms with Crippen molar-refractivity contribution in [2.45, 2.75) is 24.3 Å². The van der Waals surface area contributed by atoms with E-state index in [1.807, 2.05) is 13.0 Å². The van der Waals surface area contributed by atoms with Crippen LogP contribution in [-0.2, 0) is 10.0 Å². The number of nitrogens with one attached hydrogen (secondary N) is 1. The molecule has 1 aromatic carbocycles. The fourth-order valence-corrected chi connectivity index (χ4v) is 4.07. The van der Waals surface area contributed by atoms with Crippen molar-refractivity contribution in [3.63, 3.8) is 0 Å². The summed E-state index contributed by atoms with van der Waals surface area (Å²) in [5.41, 5.74) is 0.830. The molecular formula is C15H18N4O2S. The van der Waals surface area contributed by atoms with Gasteiger partial charge in [-0.1, -0.05) is 18.2 Å². The number of hydrogen-bond acceptors (Lipinski definition) is 5. The van der Waals surface area contributed by atoms with Gasteiger partial charge in [-0.2, -0.15) is 4.31 Å². The number of anilines is 1. The van der Waals surface area contributed by atoms with Gasteiger partial charge in [0.25, 0.3) is 0 Å². The van der Waals surface area contributed by atoms with Crippen molar-refractivity contribution in [3.8, 4) is 0 Å². The van der Waals surface area contributed by atoms with Crippen LogP contribution in [0.15, 0.2) is 47.6 Å². The maximum atomic E-state index is 12.6. The Balaban J connectivity index is 1.70. The van der Waals surface area contributed by atoms with Gasteiger partial charge in [0.15, 0.2) is 0 Å². The highest BCUT2D eigenvalue weighted by atomic mass is 32.2. The molecule has 22 heavy (non-hydrogen) atoms. The Hall–Kier alpha value is -1.99. The Labute approximate surface area is 130 Å². The summed E-state index contributed by atoms with van der Waals surface area (Å²) in [4.78, 5) is 8.76. The molecule has 3 rings (SSSR count). The predicted molar refractivity (Wildman–Crippen MR) is 84.0 cm³/mol. The highest BCUT2D eigenvalue weighted by molar-refractivity contribution is 7.89. The van der Waals surface area contributed by atoms with Crippen molar-refractivity contribution < 1.29 is 8.42 Å². The van der Waals surface area contributed by atoms with Crippen LogP contribution in [0.2, 0.25) is 0 Å². The third-order valence-electron chi connectivity index (χ3n) is 3.64. The number of aromatic nitrogens is 2. The summed E-state index contributed by atoms with van der Waals surface area (Å²) in [6.07, 6.45) is 4.09. The second-order valence-corrected chi connectivity index (χ2v) is 7.29. The third-order valence-corrected chi connectivity index (χ3v) is 5.52. The van der Waals surface area contributed by atoms with Gasteiger partial charge in [0, 0.05) is 25.3 Å². The molecule has 0 aliphatic carbocycles. The zero-order valence-electron chi connectivity index (χ0n) is 12.3. The van der Waals surface area contributed by atoms with E-state index in [0.717, 1.165) is 12.1 Å². The van der Waals surface area contributed by atoms with E-state index in [1.54, 1.807) is 36.7 Å². The summed E-state index contributed by atoms with van der Waals surface area (Å²) < 4.78 is 26.6. The Bertz CT molecular complexity index is 749. The smallest absolute Gasteiger partial charge is 0.243 e. The molecule has 2 aromatic rings. The van der Waals surface area contributed by atoms with Crippen LogP contribution in [0.25, 0.3) is 0 Å². The van der Waals surface area contributed by atoms with Gasteiger partial charge in [-0.05, 0) is 25.5 Å². The fraction of sp³-hybridized carbons (Fsp3) is 0.333. The summed E-state index contributed by atoms with van der Waals surface area (Å²) in [6.45, 7) is 2.82. The molecule has 116 valence electrons. The van der Waals surface area contributed by atoms with Gasteiger partial charge in [0.1, 0.15) is 5.82 Å². The minimum absolute atomic E-state index is 0.0505. The number of hydrogen-bond donors (Lipinski definition) is 1. The van der Waals surface area contributed by atoms with Gasteiger partial charge in [-0.15, -0.1) is 0 Å². The molecule has 0 radical (unpaired) electrons. The van der Waals surface area contributed by atoms with Crippen LogP contribution in [0.5, 0.6) is 0 Å². The molecule has 6 nitrogen and oxygen atoms in total. The van der Waals surface area contributed by atoms with Crippen LogP contribution in [-0.4, -0.2) is 41.8 Å². The summed E-state index contributed by atoms with van der Waals surface area (Å²) in [5, 5.41) is 3.26. The quantitative estimate of drug-likeness (QED) is 0.928. The van der Waals surface area contributed by atoms with Crippen LogP contribution < -0.4 is 5.32 Å². The lowest BCUT2D eigenvalue weighted by molar-refractivity contribution is 0.474. The molecule has 2 heterocycles. The molecule has 7 heteroatoms. The number of rotatable bonds is 4. The van der Waals surface area contributed by atoms with E-state index in [0.29, 0.717) is 23.8 Å². The zero-order valence-corrected chi connectivity index (χ0v) is 13.1. The van der Waals surface area contributed by atoms with Gasteiger partial charge < -0.3 is 5.32 Å². The molecule has 1 aliphatic rings. The largest absolute Gasteiger partial charge is 0.365 e. The highest BCUT2D eigenvalue weighted by Crippen LogP contribution is 2.22. The zero-order chi connectivity index (χ0) is 15.6. The summed E-state index contributed by atoms with van der Waals surface area (Å²) in [6, 6.07) is 8.59. The number of nitrogens with zero attached hydrogens (tertiary/aromatic N) is 3. The molecule has 1 atom stereocenters. The molecule has 1 aromatic heterocycles. The van der Waals surface area contributed by atoms with Crippen molar-refractivity contribution in [2.75, 3.05) is 18.4 Å². The van der Waals surface area contributed by atoms with Crippen molar-refractivity contribution >= 4 is 15.8 Å². The average Bonchev–Trinajstić information content (AvgIpc) is 2.97. The van der Waals surface area contributed by atoms with Gasteiger partial charge in [0.05, 0.1) is 16.8 Å². The number of sulfonamides is 1. The minimum Gasteiger partial charge on any atom is -0.365 e. The van der Waals surface area contributed by atoms with E-state index >= 15 is 0 Å². The Morgan fingerprint density at radius 3 is 2.73 bits per heavy atom. The molecule has 0 amide bonds. The van der Waals surface area contributed by atoms with E-state index in [4.69, 9.17) is 0 Å². The van der Waals surface area contributed by atoms with E-state index in [-0.39, 0.29) is 6.04 Å². The lowest BCUT2D eigenvalue weighted by Gasteiger charge is -2.17. The van der Waals surface area contributed by atoms with Gasteiger partial charge in [-0.25, -0.2) is 13.4 Å². The van der Waals surface area contributed by atoms with Crippen LogP contribution in [0.3, 0.4) is 0 Å². The molecule has 0 saturated carbocycles. The standard InChI is InChI=1S/C15H18N4O2S/c1-12-9-16-10-15(17-12)18-13-7-8-19(11-13)22(20,21)14-5-3-2-4-6-14/h2-6,9-10,13H,7-8,11H2,1H3,(H,17,18)/t13-/m0/s1. The number of benzene rings is 1. The highest BCUT2D eigenvalue weighted by Gasteiger charge is 2.32. The summed E-state index contributed by atoms with van der Waals surface area (Å²) in [7, 11) is -3.41. The van der Waals surface area contributed by atoms with Crippen molar-refractivity contribution in [1.29, 1.82) is 0 Å². The van der Waals surface area contributed by atoms with E-state index < -0.39 is 10.0 Å². The molecule has 1 saturated heterocycles. The summed E-state index contributed by atoms with van der Waals surface area (Å²) in [5.74, 6) is 0.684. The van der Waals surface area contributed by atoms with Crippen molar-refractivity contribution in [3.05, 3.63) is 48.4 Å². The first-order chi connectivity index (χ1) is 10.6. The van der Waals surface area contributed by atoms with E-state index in [2.05, 4.69) is 15.3 Å².